The Morgan fingerprint density at radius 3 is 2.18 bits per heavy atom. The highest BCUT2D eigenvalue weighted by atomic mass is 19.4. The van der Waals surface area contributed by atoms with Crippen LogP contribution in [0.4, 0.5) is 12.9 Å². The second kappa shape index (κ2) is 6.54. The second-order valence-electron chi connectivity index (χ2n) is 3.60. The SMILES string of the molecule is CCCOCCOc1ccc([B-](F)(F)F)cc1. The van der Waals surface area contributed by atoms with Crippen molar-refractivity contribution in [3.63, 3.8) is 0 Å². The number of ether oxygens (including phenoxy) is 2. The lowest BCUT2D eigenvalue weighted by Crippen LogP contribution is -2.33. The Labute approximate surface area is 98.8 Å². The summed E-state index contributed by atoms with van der Waals surface area (Å²) in [5.41, 5.74) is -0.611. The molecule has 2 nitrogen and oxygen atoms in total. The maximum atomic E-state index is 12.3. The number of benzene rings is 1. The topological polar surface area (TPSA) is 18.5 Å². The van der Waals surface area contributed by atoms with Gasteiger partial charge in [-0.1, -0.05) is 19.1 Å². The number of rotatable bonds is 7. The minimum Gasteiger partial charge on any atom is -0.491 e. The Morgan fingerprint density at radius 1 is 1.00 bits per heavy atom. The summed E-state index contributed by atoms with van der Waals surface area (Å²) in [7, 11) is 0. The maximum Gasteiger partial charge on any atom is 0.509 e. The van der Waals surface area contributed by atoms with Crippen LogP contribution in [0.25, 0.3) is 0 Å². The third-order valence-corrected chi connectivity index (χ3v) is 2.10. The van der Waals surface area contributed by atoms with Crippen LogP contribution in [0, 0.1) is 0 Å². The third kappa shape index (κ3) is 5.13. The van der Waals surface area contributed by atoms with E-state index in [0.717, 1.165) is 18.6 Å². The van der Waals surface area contributed by atoms with Gasteiger partial charge in [-0.25, -0.2) is 0 Å². The van der Waals surface area contributed by atoms with Crippen LogP contribution in [0.3, 0.4) is 0 Å². The van der Waals surface area contributed by atoms with Gasteiger partial charge in [0.15, 0.2) is 0 Å². The lowest BCUT2D eigenvalue weighted by Gasteiger charge is -2.15. The molecule has 6 heteroatoms. The van der Waals surface area contributed by atoms with Crippen molar-refractivity contribution in [1.82, 2.24) is 0 Å². The van der Waals surface area contributed by atoms with Crippen LogP contribution in [0.5, 0.6) is 5.75 Å². The first-order valence-electron chi connectivity index (χ1n) is 5.54. The van der Waals surface area contributed by atoms with E-state index in [1.54, 1.807) is 0 Å². The van der Waals surface area contributed by atoms with E-state index in [1.165, 1.54) is 12.1 Å². The van der Waals surface area contributed by atoms with Gasteiger partial charge in [-0.05, 0) is 18.6 Å². The van der Waals surface area contributed by atoms with Crippen LogP contribution in [0.1, 0.15) is 13.3 Å². The molecule has 0 heterocycles. The molecule has 96 valence electrons. The van der Waals surface area contributed by atoms with E-state index in [4.69, 9.17) is 9.47 Å². The molecule has 1 aromatic carbocycles. The van der Waals surface area contributed by atoms with Crippen LogP contribution in [0.15, 0.2) is 24.3 Å². The lowest BCUT2D eigenvalue weighted by atomic mass is 9.80. The highest BCUT2D eigenvalue weighted by Gasteiger charge is 2.24. The number of halogens is 3. The van der Waals surface area contributed by atoms with Gasteiger partial charge in [-0.15, -0.1) is 5.46 Å². The van der Waals surface area contributed by atoms with Gasteiger partial charge in [-0.3, -0.25) is 0 Å². The molecule has 1 rings (SSSR count). The van der Waals surface area contributed by atoms with Crippen molar-refractivity contribution in [3.8, 4) is 5.75 Å². The molecule has 0 saturated heterocycles. The van der Waals surface area contributed by atoms with Crippen LogP contribution in [-0.2, 0) is 4.74 Å². The Kier molecular flexibility index (Phi) is 5.35. The van der Waals surface area contributed by atoms with Gasteiger partial charge in [0.25, 0.3) is 0 Å². The summed E-state index contributed by atoms with van der Waals surface area (Å²) in [5.74, 6) is 0.425. The Bertz CT molecular complexity index is 324. The molecule has 0 aromatic heterocycles. The van der Waals surface area contributed by atoms with E-state index in [2.05, 4.69) is 0 Å². The van der Waals surface area contributed by atoms with Crippen LogP contribution in [-0.4, -0.2) is 26.8 Å². The van der Waals surface area contributed by atoms with E-state index >= 15 is 0 Å². The van der Waals surface area contributed by atoms with Crippen molar-refractivity contribution in [1.29, 1.82) is 0 Å². The van der Waals surface area contributed by atoms with Crippen molar-refractivity contribution >= 4 is 12.4 Å². The van der Waals surface area contributed by atoms with Gasteiger partial charge < -0.3 is 22.4 Å². The third-order valence-electron chi connectivity index (χ3n) is 2.10. The van der Waals surface area contributed by atoms with Gasteiger partial charge in [0, 0.05) is 6.61 Å². The van der Waals surface area contributed by atoms with E-state index in [-0.39, 0.29) is 0 Å². The second-order valence-corrected chi connectivity index (χ2v) is 3.60. The fraction of sp³-hybridized carbons (Fsp3) is 0.455. The zero-order valence-corrected chi connectivity index (χ0v) is 9.67. The molecule has 0 unspecified atom stereocenters. The molecule has 0 aliphatic rings. The summed E-state index contributed by atoms with van der Waals surface area (Å²) in [5, 5.41) is 0. The first-order chi connectivity index (χ1) is 8.04. The molecule has 0 saturated carbocycles. The maximum absolute atomic E-state index is 12.3. The standard InChI is InChI=1S/C11H15BF3O2/c1-2-7-16-8-9-17-11-5-3-10(4-6-11)12(13,14)15/h3-6H,2,7-9H2,1H3/q-1. The molecule has 1 aromatic rings. The minimum atomic E-state index is -4.92. The fourth-order valence-corrected chi connectivity index (χ4v) is 1.25. The molecule has 0 radical (unpaired) electrons. The molecule has 0 spiro atoms. The summed E-state index contributed by atoms with van der Waals surface area (Å²) in [6.45, 7) is -1.47. The van der Waals surface area contributed by atoms with Gasteiger partial charge in [0.05, 0.1) is 6.61 Å². The van der Waals surface area contributed by atoms with Crippen molar-refractivity contribution in [2.75, 3.05) is 19.8 Å². The van der Waals surface area contributed by atoms with E-state index in [0.29, 0.717) is 25.6 Å². The molecule has 0 N–H and O–H groups in total. The summed E-state index contributed by atoms with van der Waals surface area (Å²) >= 11 is 0. The lowest BCUT2D eigenvalue weighted by molar-refractivity contribution is 0.101. The van der Waals surface area contributed by atoms with Crippen molar-refractivity contribution in [2.24, 2.45) is 0 Å². The van der Waals surface area contributed by atoms with Crippen LogP contribution >= 0.6 is 0 Å². The Balaban J connectivity index is 2.36. The van der Waals surface area contributed by atoms with E-state index in [9.17, 15) is 12.9 Å². The average molecular weight is 247 g/mol. The van der Waals surface area contributed by atoms with Gasteiger partial charge >= 0.3 is 6.98 Å². The van der Waals surface area contributed by atoms with Crippen LogP contribution < -0.4 is 10.2 Å². The molecule has 0 aliphatic heterocycles. The summed E-state index contributed by atoms with van der Waals surface area (Å²) in [6.07, 6.45) is 0.933. The zero-order valence-electron chi connectivity index (χ0n) is 9.67. The van der Waals surface area contributed by atoms with Crippen LogP contribution in [0.2, 0.25) is 0 Å². The highest BCUT2D eigenvalue weighted by molar-refractivity contribution is 6.73. The predicted octanol–water partition coefficient (Wildman–Crippen LogP) is 2.55. The number of hydrogen-bond acceptors (Lipinski definition) is 2. The van der Waals surface area contributed by atoms with E-state index in [1.807, 2.05) is 6.92 Å². The fourth-order valence-electron chi connectivity index (χ4n) is 1.25. The molecule has 17 heavy (non-hydrogen) atoms. The predicted molar refractivity (Wildman–Crippen MR) is 61.8 cm³/mol. The monoisotopic (exact) mass is 247 g/mol. The summed E-state index contributed by atoms with van der Waals surface area (Å²) in [6, 6.07) is 4.71. The largest absolute Gasteiger partial charge is 0.509 e. The van der Waals surface area contributed by atoms with Gasteiger partial charge in [-0.2, -0.15) is 0 Å². The Morgan fingerprint density at radius 2 is 1.65 bits per heavy atom. The van der Waals surface area contributed by atoms with E-state index < -0.39 is 12.4 Å². The van der Waals surface area contributed by atoms with Gasteiger partial charge in [0.2, 0.25) is 0 Å². The molecule has 0 atom stereocenters. The molecular formula is C11H15BF3O2-. The molecule has 0 fully saturated rings. The number of hydrogen-bond donors (Lipinski definition) is 0. The molecule has 0 amide bonds. The molecule has 0 bridgehead atoms. The quantitative estimate of drug-likeness (QED) is 0.544. The van der Waals surface area contributed by atoms with Crippen molar-refractivity contribution < 1.29 is 22.4 Å². The van der Waals surface area contributed by atoms with Crippen molar-refractivity contribution in [3.05, 3.63) is 24.3 Å². The molecular weight excluding hydrogens is 232 g/mol. The first-order valence-corrected chi connectivity index (χ1v) is 5.54. The first kappa shape index (κ1) is 13.9. The summed E-state index contributed by atoms with van der Waals surface area (Å²) < 4.78 is 47.4. The van der Waals surface area contributed by atoms with Crippen molar-refractivity contribution in [2.45, 2.75) is 13.3 Å². The molecule has 0 aliphatic carbocycles. The smallest absolute Gasteiger partial charge is 0.491 e. The summed E-state index contributed by atoms with van der Waals surface area (Å²) in [4.78, 5) is 0. The average Bonchev–Trinajstić information content (AvgIpc) is 2.28. The Hall–Kier alpha value is -1.17. The highest BCUT2D eigenvalue weighted by Crippen LogP contribution is 2.13. The van der Waals surface area contributed by atoms with Gasteiger partial charge in [0.1, 0.15) is 12.4 Å². The minimum absolute atomic E-state index is 0.344. The zero-order chi connectivity index (χ0) is 12.7. The normalized spacial score (nSPS) is 11.5.